The second kappa shape index (κ2) is 66.2. The van der Waals surface area contributed by atoms with Crippen molar-refractivity contribution in [3.05, 3.63) is 35.9 Å². The average molecular weight is 1990 g/mol. The molecule has 49 nitrogen and oxygen atoms in total. The highest BCUT2D eigenvalue weighted by Gasteiger charge is 2.40. The molecule has 139 heavy (non-hydrogen) atoms. The SMILES string of the molecule is CC[C@H](C)[C@H](NC(=O)[C@H](CCC(=O)O)NC(=O)[C@H](CCCCN)NC(=O)[C@H](CCSC)NC(=O)[C@H](CCCCN)NC(=O)[C@H](C)NC(=O)[C@H](CC(C)C)NC(=O)[C@H](Cc1ccccc1)NC(=O)[C@H](C)NC(=O)[C@H](CCC(N)=O)NC(=O)[C@H](CC(C)C)NC(=O)[C@H](CCCNC(=N)N)NC(=O)CN)C(=O)N[C@@H](C)C(=O)N[C@@H](C)C(=O)N[C@@H](CCC(N)=O)C(=O)N[C@H](C(=O)N[C@@H](CC(C)C)C(N)=O)[C@@H](C)O. The maximum absolute atomic E-state index is 14.7. The van der Waals surface area contributed by atoms with Crippen LogP contribution in [0.5, 0.6) is 0 Å². The summed E-state index contributed by atoms with van der Waals surface area (Å²) in [5, 5.41) is 73.5. The van der Waals surface area contributed by atoms with Crippen molar-refractivity contribution in [2.75, 3.05) is 38.2 Å². The number of nitrogens with two attached hydrogens (primary N) is 7. The molecule has 784 valence electrons. The number of benzene rings is 1. The Morgan fingerprint density at radius 1 is 0.353 bits per heavy atom. The summed E-state index contributed by atoms with van der Waals surface area (Å²) in [6.45, 7) is 19.9. The van der Waals surface area contributed by atoms with Gasteiger partial charge in [-0.05, 0) is 185 Å². The smallest absolute Gasteiger partial charge is 0.303 e. The number of carboxylic acids is 1. The first-order valence-electron chi connectivity index (χ1n) is 46.9. The summed E-state index contributed by atoms with van der Waals surface area (Å²) in [6.07, 6.45) is -1.70. The number of thioether (sulfide) groups is 1. The van der Waals surface area contributed by atoms with Gasteiger partial charge in [0, 0.05) is 32.2 Å². The van der Waals surface area contributed by atoms with Crippen molar-refractivity contribution in [1.82, 2.24) is 95.7 Å². The number of nitrogens with one attached hydrogen (secondary N) is 19. The van der Waals surface area contributed by atoms with Crippen LogP contribution in [0.4, 0.5) is 0 Å². The third-order valence-corrected chi connectivity index (χ3v) is 22.6. The normalized spacial score (nSPS) is 15.3. The lowest BCUT2D eigenvalue weighted by Crippen LogP contribution is -2.61. The molecular formula is C89H154N26O23S. The van der Waals surface area contributed by atoms with Crippen LogP contribution in [0.25, 0.3) is 0 Å². The number of carbonyl (C=O) groups is 21. The number of amides is 20. The van der Waals surface area contributed by atoms with Crippen molar-refractivity contribution < 1.29 is 111 Å². The first-order valence-corrected chi connectivity index (χ1v) is 48.3. The van der Waals surface area contributed by atoms with Crippen LogP contribution >= 0.6 is 11.8 Å². The summed E-state index contributed by atoms with van der Waals surface area (Å²) in [5.74, 6) is -21.5. The van der Waals surface area contributed by atoms with Crippen LogP contribution in [0, 0.1) is 29.1 Å². The first-order chi connectivity index (χ1) is 65.2. The van der Waals surface area contributed by atoms with E-state index in [1.807, 2.05) is 0 Å². The highest BCUT2D eigenvalue weighted by atomic mass is 32.2. The molecule has 0 aliphatic carbocycles. The van der Waals surface area contributed by atoms with Gasteiger partial charge in [-0.25, -0.2) is 0 Å². The zero-order chi connectivity index (χ0) is 106. The number of hydrogen-bond acceptors (Lipinski definition) is 27. The van der Waals surface area contributed by atoms with E-state index in [2.05, 4.69) is 95.7 Å². The van der Waals surface area contributed by atoms with Gasteiger partial charge in [0.05, 0.1) is 12.6 Å². The molecule has 35 N–H and O–H groups in total. The van der Waals surface area contributed by atoms with E-state index in [1.54, 1.807) is 92.0 Å². The third-order valence-electron chi connectivity index (χ3n) is 22.0. The standard InChI is InChI=1S/C89H154N26O23S/c1-15-48(8)70(87(137)102-49(9)73(123)99-50(10)74(124)105-59(30-33-67(94)118)83(133)115-71(53(13)116)88(138)110-62(72(95)122)40-45(2)3)114-82(132)60(31-34-69(120)121)107-80(130)57(27-20-22-37-91)106-81(131)61(35-39-139-14)109-79(129)56(26-19-21-36-90)104-75(125)51(11)101-84(134)63(41-46(4)5)113-86(136)65(43-54-24-17-16-18-25-54)111-76(126)52(12)100-77(127)58(29-32-66(93)117)108-85(135)64(42-47(6)7)112-78(128)55(103-68(119)44-92)28-23-38-98-89(96)97/h16-18,24-25,45-53,55-65,70-71,116H,15,19-23,26-44,90-92H2,1-14H3,(H2,93,117)(H2,94,118)(H2,95,122)(H,99,123)(H,100,127)(H,101,134)(H,102,137)(H,103,119)(H,104,125)(H,105,124)(H,106,131)(H,107,130)(H,108,135)(H,109,129)(H,110,138)(H,111,126)(H,112,128)(H,113,136)(H,114,132)(H,115,133)(H,120,121)(H4,96,97,98)/t48-,49-,50-,51-,52-,53+,55-,56-,57-,58-,59-,60-,61-,62-,63-,64-,65-,70-,71-/m0/s1. The lowest BCUT2D eigenvalue weighted by Gasteiger charge is -2.29. The van der Waals surface area contributed by atoms with E-state index in [4.69, 9.17) is 45.5 Å². The molecule has 0 bridgehead atoms. The van der Waals surface area contributed by atoms with Gasteiger partial charge in [-0.3, -0.25) is 106 Å². The Morgan fingerprint density at radius 2 is 0.662 bits per heavy atom. The quantitative estimate of drug-likeness (QED) is 0.0164. The van der Waals surface area contributed by atoms with Gasteiger partial charge in [-0.2, -0.15) is 11.8 Å². The summed E-state index contributed by atoms with van der Waals surface area (Å²) in [4.78, 5) is 288. The lowest BCUT2D eigenvalue weighted by molar-refractivity contribution is -0.139. The molecule has 19 atom stereocenters. The van der Waals surface area contributed by atoms with Gasteiger partial charge in [-0.1, -0.05) is 92.1 Å². The van der Waals surface area contributed by atoms with Crippen molar-refractivity contribution in [2.24, 2.45) is 63.8 Å². The van der Waals surface area contributed by atoms with Crippen LogP contribution in [-0.4, -0.2) is 287 Å². The molecule has 0 fully saturated rings. The van der Waals surface area contributed by atoms with Crippen molar-refractivity contribution >= 4 is 142 Å². The summed E-state index contributed by atoms with van der Waals surface area (Å²) in [5.41, 5.74) is 39.5. The van der Waals surface area contributed by atoms with E-state index >= 15 is 0 Å². The number of aliphatic hydroxyl groups excluding tert-OH is 1. The molecule has 0 spiro atoms. The van der Waals surface area contributed by atoms with E-state index < -0.39 is 277 Å². The molecule has 0 aliphatic heterocycles. The highest BCUT2D eigenvalue weighted by Crippen LogP contribution is 2.18. The van der Waals surface area contributed by atoms with E-state index in [0.717, 1.165) is 6.92 Å². The topological polar surface area (TPSA) is 821 Å². The van der Waals surface area contributed by atoms with Crippen molar-refractivity contribution in [2.45, 2.75) is 327 Å². The average Bonchev–Trinajstić information content (AvgIpc) is 0.854. The second-order valence-corrected chi connectivity index (χ2v) is 36.7. The van der Waals surface area contributed by atoms with E-state index in [9.17, 15) is 111 Å². The van der Waals surface area contributed by atoms with E-state index in [1.165, 1.54) is 39.5 Å². The Labute approximate surface area is 815 Å². The minimum atomic E-state index is -1.72. The lowest BCUT2D eigenvalue weighted by atomic mass is 9.97. The molecule has 1 aromatic carbocycles. The number of guanidine groups is 1. The molecule has 0 unspecified atom stereocenters. The maximum Gasteiger partial charge on any atom is 0.303 e. The molecule has 0 saturated carbocycles. The maximum atomic E-state index is 14.7. The third kappa shape index (κ3) is 50.1. The predicted octanol–water partition coefficient (Wildman–Crippen LogP) is -6.77. The Balaban J connectivity index is 3.62. The summed E-state index contributed by atoms with van der Waals surface area (Å²) in [6, 6.07) is -16.6. The monoisotopic (exact) mass is 1990 g/mol. The number of carbonyl (C=O) groups excluding carboxylic acids is 20. The number of aliphatic hydroxyl groups is 1. The van der Waals surface area contributed by atoms with Gasteiger partial charge >= 0.3 is 5.97 Å². The molecule has 50 heteroatoms. The minimum Gasteiger partial charge on any atom is -0.481 e. The Kier molecular flexibility index (Phi) is 59.3. The number of rotatable bonds is 70. The zero-order valence-corrected chi connectivity index (χ0v) is 83.0. The van der Waals surface area contributed by atoms with Crippen molar-refractivity contribution in [1.29, 1.82) is 5.41 Å². The van der Waals surface area contributed by atoms with Crippen LogP contribution < -0.4 is 136 Å². The van der Waals surface area contributed by atoms with Crippen LogP contribution in [0.15, 0.2) is 30.3 Å². The summed E-state index contributed by atoms with van der Waals surface area (Å²) < 4.78 is 0. The molecule has 0 aromatic heterocycles. The number of hydrogen-bond donors (Lipinski definition) is 28. The molecule has 0 radical (unpaired) electrons. The fourth-order valence-electron chi connectivity index (χ4n) is 13.8. The van der Waals surface area contributed by atoms with E-state index in [0.29, 0.717) is 18.4 Å². The van der Waals surface area contributed by atoms with Gasteiger partial charge in [0.2, 0.25) is 118 Å². The Bertz CT molecular complexity index is 4250. The Morgan fingerprint density at radius 3 is 1.04 bits per heavy atom. The summed E-state index contributed by atoms with van der Waals surface area (Å²) in [7, 11) is 0. The van der Waals surface area contributed by atoms with Crippen LogP contribution in [0.2, 0.25) is 0 Å². The molecule has 0 saturated heterocycles. The molecule has 0 heterocycles. The number of unbranched alkanes of at least 4 members (excludes halogenated alkanes) is 2. The second-order valence-electron chi connectivity index (χ2n) is 35.7. The number of carboxylic acid groups (broad SMARTS) is 1. The van der Waals surface area contributed by atoms with Gasteiger partial charge in [0.1, 0.15) is 103 Å². The fraction of sp³-hybridized carbons (Fsp3) is 0.685. The Hall–Kier alpha value is -12.4. The van der Waals surface area contributed by atoms with Gasteiger partial charge < -0.3 is 146 Å². The van der Waals surface area contributed by atoms with E-state index in [-0.39, 0.29) is 133 Å². The minimum absolute atomic E-state index is 0.0118. The first kappa shape index (κ1) is 125. The largest absolute Gasteiger partial charge is 0.481 e. The van der Waals surface area contributed by atoms with Crippen LogP contribution in [0.3, 0.4) is 0 Å². The molecule has 0 aliphatic rings. The number of primary amides is 3. The van der Waals surface area contributed by atoms with Gasteiger partial charge in [0.25, 0.3) is 0 Å². The van der Waals surface area contributed by atoms with Crippen LogP contribution in [-0.2, 0) is 107 Å². The van der Waals surface area contributed by atoms with Gasteiger partial charge in [-0.15, -0.1) is 0 Å². The van der Waals surface area contributed by atoms with Crippen molar-refractivity contribution in [3.8, 4) is 0 Å². The highest BCUT2D eigenvalue weighted by molar-refractivity contribution is 7.98. The molecular weight excluding hydrogens is 1830 g/mol. The van der Waals surface area contributed by atoms with Gasteiger partial charge in [0.15, 0.2) is 5.96 Å². The number of aliphatic carboxylic acids is 1. The summed E-state index contributed by atoms with van der Waals surface area (Å²) >= 11 is 1.28. The zero-order valence-electron chi connectivity index (χ0n) is 82.2. The molecule has 1 rings (SSSR count). The molecule has 1 aromatic rings. The van der Waals surface area contributed by atoms with Crippen molar-refractivity contribution in [3.63, 3.8) is 0 Å². The molecule has 20 amide bonds. The predicted molar refractivity (Wildman–Crippen MR) is 515 cm³/mol. The fourth-order valence-corrected chi connectivity index (χ4v) is 14.3. The van der Waals surface area contributed by atoms with Crippen LogP contribution in [0.1, 0.15) is 218 Å².